The summed E-state index contributed by atoms with van der Waals surface area (Å²) in [6, 6.07) is 0.166. The predicted octanol–water partition coefficient (Wildman–Crippen LogP) is 3.10. The lowest BCUT2D eigenvalue weighted by molar-refractivity contribution is -0.202. The van der Waals surface area contributed by atoms with Gasteiger partial charge in [-0.2, -0.15) is 0 Å². The molecule has 36 heavy (non-hydrogen) atoms. The van der Waals surface area contributed by atoms with Crippen LogP contribution in [0.5, 0.6) is 0 Å². The third kappa shape index (κ3) is 9.58. The minimum Gasteiger partial charge on any atom is -0.387 e. The van der Waals surface area contributed by atoms with Crippen LogP contribution < -0.4 is 0 Å². The monoisotopic (exact) mass is 511 g/mol. The molecule has 0 radical (unpaired) electrons. The first kappa shape index (κ1) is 31.0. The molecule has 3 aliphatic rings. The second-order valence-corrected chi connectivity index (χ2v) is 12.3. The van der Waals surface area contributed by atoms with Crippen molar-refractivity contribution in [1.82, 2.24) is 14.7 Å². The lowest BCUT2D eigenvalue weighted by Crippen LogP contribution is -2.46. The molecule has 210 valence electrons. The molecule has 0 aromatic heterocycles. The number of amides is 2. The number of rotatable bonds is 7. The fourth-order valence-corrected chi connectivity index (χ4v) is 5.62. The van der Waals surface area contributed by atoms with Crippen LogP contribution in [0.1, 0.15) is 85.5 Å². The van der Waals surface area contributed by atoms with Crippen molar-refractivity contribution in [1.29, 1.82) is 0 Å². The van der Waals surface area contributed by atoms with Gasteiger partial charge in [0.15, 0.2) is 6.29 Å². The molecule has 0 aliphatic carbocycles. The summed E-state index contributed by atoms with van der Waals surface area (Å²) in [5.41, 5.74) is -1.18. The molecule has 8 heteroatoms. The van der Waals surface area contributed by atoms with Gasteiger partial charge >= 0.3 is 0 Å². The van der Waals surface area contributed by atoms with Gasteiger partial charge in [-0.15, -0.1) is 0 Å². The summed E-state index contributed by atoms with van der Waals surface area (Å²) in [6.45, 7) is 10.0. The molecule has 3 heterocycles. The lowest BCUT2D eigenvalue weighted by atomic mass is 9.87. The highest BCUT2D eigenvalue weighted by Gasteiger charge is 2.36. The second-order valence-electron chi connectivity index (χ2n) is 12.3. The third-order valence-corrected chi connectivity index (χ3v) is 8.24. The SMILES string of the molecule is CC(C)C[C@@H](C[C@@H](O)O[C@@H]1CC[C@@H](C)C(=O)N2CCC(CC2)CC(=O)N(C)CCC[C@@]1(C)O)N(C)C. The quantitative estimate of drug-likeness (QED) is 0.510. The molecule has 0 saturated carbocycles. The van der Waals surface area contributed by atoms with Crippen LogP contribution in [0, 0.1) is 17.8 Å². The largest absolute Gasteiger partial charge is 0.387 e. The predicted molar refractivity (Wildman–Crippen MR) is 142 cm³/mol. The van der Waals surface area contributed by atoms with Crippen molar-refractivity contribution in [3.63, 3.8) is 0 Å². The molecule has 3 aliphatic heterocycles. The summed E-state index contributed by atoms with van der Waals surface area (Å²) in [4.78, 5) is 31.7. The Bertz CT molecular complexity index is 691. The van der Waals surface area contributed by atoms with Gasteiger partial charge < -0.3 is 29.6 Å². The molecule has 5 atom stereocenters. The van der Waals surface area contributed by atoms with Crippen molar-refractivity contribution < 1.29 is 24.5 Å². The van der Waals surface area contributed by atoms with Crippen LogP contribution >= 0.6 is 0 Å². The molecule has 3 saturated heterocycles. The maximum atomic E-state index is 13.1. The van der Waals surface area contributed by atoms with Crippen molar-refractivity contribution in [2.45, 2.75) is 110 Å². The Hall–Kier alpha value is -1.22. The number of aliphatic hydroxyl groups excluding tert-OH is 1. The Morgan fingerprint density at radius 2 is 1.72 bits per heavy atom. The summed E-state index contributed by atoms with van der Waals surface area (Å²) in [6.07, 6.45) is 4.21. The first-order valence-corrected chi connectivity index (χ1v) is 14.0. The Morgan fingerprint density at radius 3 is 2.31 bits per heavy atom. The Balaban J connectivity index is 2.16. The molecular formula is C28H53N3O5. The fourth-order valence-electron chi connectivity index (χ4n) is 5.62. The normalized spacial score (nSPS) is 31.4. The van der Waals surface area contributed by atoms with E-state index in [0.717, 1.165) is 19.3 Å². The van der Waals surface area contributed by atoms with Crippen LogP contribution in [0.3, 0.4) is 0 Å². The molecule has 0 aromatic rings. The lowest BCUT2D eigenvalue weighted by Gasteiger charge is -2.38. The Morgan fingerprint density at radius 1 is 1.08 bits per heavy atom. The molecule has 2 bridgehead atoms. The highest BCUT2D eigenvalue weighted by molar-refractivity contribution is 5.79. The number of carbonyl (C=O) groups excluding carboxylic acids is 2. The van der Waals surface area contributed by atoms with E-state index in [1.807, 2.05) is 33.0 Å². The zero-order chi connectivity index (χ0) is 27.0. The van der Waals surface area contributed by atoms with Crippen LogP contribution in [0.4, 0.5) is 0 Å². The first-order chi connectivity index (χ1) is 16.8. The highest BCUT2D eigenvalue weighted by atomic mass is 16.6. The van der Waals surface area contributed by atoms with Crippen LogP contribution in [0.25, 0.3) is 0 Å². The zero-order valence-electron chi connectivity index (χ0n) is 23.9. The molecule has 3 rings (SSSR count). The number of aliphatic hydroxyl groups is 2. The van der Waals surface area contributed by atoms with Crippen LogP contribution in [-0.4, -0.2) is 102 Å². The molecule has 0 aromatic carbocycles. The van der Waals surface area contributed by atoms with E-state index < -0.39 is 18.0 Å². The van der Waals surface area contributed by atoms with Crippen LogP contribution in [0.15, 0.2) is 0 Å². The van der Waals surface area contributed by atoms with Gasteiger partial charge in [0.2, 0.25) is 11.8 Å². The van der Waals surface area contributed by atoms with E-state index in [0.29, 0.717) is 70.0 Å². The minimum atomic E-state index is -1.18. The van der Waals surface area contributed by atoms with Gasteiger partial charge in [0.1, 0.15) is 0 Å². The van der Waals surface area contributed by atoms with Crippen molar-refractivity contribution in [3.8, 4) is 0 Å². The van der Waals surface area contributed by atoms with Gasteiger partial charge in [-0.05, 0) is 77.8 Å². The smallest absolute Gasteiger partial charge is 0.225 e. The molecule has 2 N–H and O–H groups in total. The molecule has 2 amide bonds. The summed E-state index contributed by atoms with van der Waals surface area (Å²) < 4.78 is 6.14. The van der Waals surface area contributed by atoms with E-state index in [4.69, 9.17) is 4.74 Å². The van der Waals surface area contributed by atoms with Gasteiger partial charge in [0.05, 0.1) is 11.7 Å². The van der Waals surface area contributed by atoms with Crippen molar-refractivity contribution in [3.05, 3.63) is 0 Å². The maximum absolute atomic E-state index is 13.1. The number of ether oxygens (including phenoxy) is 1. The average Bonchev–Trinajstić information content (AvgIpc) is 2.79. The number of hydrogen-bond acceptors (Lipinski definition) is 6. The number of nitrogens with zero attached hydrogens (tertiary/aromatic N) is 3. The van der Waals surface area contributed by atoms with E-state index in [2.05, 4.69) is 18.7 Å². The standard InChI is InChI=1S/C28H53N3O5/c1-20(2)17-23(29(5)6)19-26(33)36-24-10-9-21(3)27(34)31-15-11-22(12-16-31)18-25(32)30(7)14-8-13-28(24,4)35/h20-24,26,33,35H,8-19H2,1-7H3/t21-,23+,24-,26+,28-/m1/s1. The van der Waals surface area contributed by atoms with Crippen LogP contribution in [0.2, 0.25) is 0 Å². The number of hydrogen-bond donors (Lipinski definition) is 2. The fraction of sp³-hybridized carbons (Fsp3) is 0.929. The molecule has 8 nitrogen and oxygen atoms in total. The molecule has 0 unspecified atom stereocenters. The minimum absolute atomic E-state index is 0.128. The summed E-state index contributed by atoms with van der Waals surface area (Å²) in [5, 5.41) is 22.3. The number of fused-ring (bicyclic) bond motifs is 13. The van der Waals surface area contributed by atoms with Gasteiger partial charge in [-0.25, -0.2) is 0 Å². The summed E-state index contributed by atoms with van der Waals surface area (Å²) in [5.74, 6) is 0.899. The van der Waals surface area contributed by atoms with Crippen molar-refractivity contribution in [2.24, 2.45) is 17.8 Å². The van der Waals surface area contributed by atoms with E-state index in [1.54, 1.807) is 11.8 Å². The summed E-state index contributed by atoms with van der Waals surface area (Å²) >= 11 is 0. The van der Waals surface area contributed by atoms with E-state index in [9.17, 15) is 19.8 Å². The molecule has 0 spiro atoms. The molecular weight excluding hydrogens is 458 g/mol. The Kier molecular flexibility index (Phi) is 12.1. The van der Waals surface area contributed by atoms with Crippen molar-refractivity contribution in [2.75, 3.05) is 40.8 Å². The number of carbonyl (C=O) groups is 2. The van der Waals surface area contributed by atoms with Crippen LogP contribution in [-0.2, 0) is 14.3 Å². The van der Waals surface area contributed by atoms with E-state index in [1.165, 1.54) is 0 Å². The topological polar surface area (TPSA) is 93.5 Å². The van der Waals surface area contributed by atoms with Gasteiger partial charge in [-0.3, -0.25) is 9.59 Å². The van der Waals surface area contributed by atoms with Gasteiger partial charge in [0, 0.05) is 51.5 Å². The molecule has 3 fully saturated rings. The maximum Gasteiger partial charge on any atom is 0.225 e. The summed E-state index contributed by atoms with van der Waals surface area (Å²) in [7, 11) is 5.85. The highest BCUT2D eigenvalue weighted by Crippen LogP contribution is 2.29. The van der Waals surface area contributed by atoms with Crippen molar-refractivity contribution >= 4 is 11.8 Å². The zero-order valence-corrected chi connectivity index (χ0v) is 23.9. The van der Waals surface area contributed by atoms with E-state index >= 15 is 0 Å². The third-order valence-electron chi connectivity index (χ3n) is 8.24. The average molecular weight is 512 g/mol. The van der Waals surface area contributed by atoms with E-state index in [-0.39, 0.29) is 23.8 Å². The van der Waals surface area contributed by atoms with Gasteiger partial charge in [0.25, 0.3) is 0 Å². The van der Waals surface area contributed by atoms with Gasteiger partial charge in [-0.1, -0.05) is 20.8 Å². The number of piperidine rings is 1. The first-order valence-electron chi connectivity index (χ1n) is 14.0. The second kappa shape index (κ2) is 14.1. The Labute approximate surface area is 219 Å².